The lowest BCUT2D eigenvalue weighted by Gasteiger charge is -2.71. The van der Waals surface area contributed by atoms with E-state index in [4.69, 9.17) is 27.7 Å². The van der Waals surface area contributed by atoms with Crippen LogP contribution < -0.4 is 33.6 Å². The average Bonchev–Trinajstić information content (AvgIpc) is 3.68. The summed E-state index contributed by atoms with van der Waals surface area (Å²) in [5.41, 5.74) is 22.8. The average molecular weight is 908 g/mol. The number of allylic oxidation sites excluding steroid dienone is 2. The smallest absolute Gasteiger partial charge is 0.326 e. The molecule has 362 valence electrons. The van der Waals surface area contributed by atoms with Crippen molar-refractivity contribution in [2.24, 2.45) is 89.6 Å². The molecular formula is C47H77N11O7. The van der Waals surface area contributed by atoms with Crippen molar-refractivity contribution in [1.29, 1.82) is 0 Å². The summed E-state index contributed by atoms with van der Waals surface area (Å²) in [6.07, 6.45) is 13.1. The number of amides is 2. The molecule has 6 rings (SSSR count). The molecule has 0 radical (unpaired) electrons. The number of carbonyl (C=O) groups excluding carboxylic acids is 3. The summed E-state index contributed by atoms with van der Waals surface area (Å²) < 4.78 is 7.52. The minimum atomic E-state index is -1.24. The number of hydrogen-bond donors (Lipinski definition) is 8. The van der Waals surface area contributed by atoms with Crippen LogP contribution in [-0.4, -0.2) is 92.2 Å². The first-order valence-electron chi connectivity index (χ1n) is 23.9. The van der Waals surface area contributed by atoms with Gasteiger partial charge in [-0.05, 0) is 135 Å². The number of ether oxygens (including phenoxy) is 1. The zero-order valence-corrected chi connectivity index (χ0v) is 39.8. The molecule has 12 atom stereocenters. The monoisotopic (exact) mass is 908 g/mol. The molecule has 0 unspecified atom stereocenters. The van der Waals surface area contributed by atoms with E-state index in [1.54, 1.807) is 6.20 Å². The highest BCUT2D eigenvalue weighted by atomic mass is 16.5. The number of guanidine groups is 2. The summed E-state index contributed by atoms with van der Waals surface area (Å²) in [5, 5.41) is 34.4. The quantitative estimate of drug-likeness (QED) is 0.0366. The van der Waals surface area contributed by atoms with Crippen molar-refractivity contribution in [3.63, 3.8) is 0 Å². The van der Waals surface area contributed by atoms with E-state index < -0.39 is 35.3 Å². The van der Waals surface area contributed by atoms with Crippen LogP contribution in [0.2, 0.25) is 0 Å². The highest BCUT2D eigenvalue weighted by molar-refractivity contribution is 5.90. The fourth-order valence-corrected chi connectivity index (χ4v) is 13.8. The van der Waals surface area contributed by atoms with Gasteiger partial charge in [0, 0.05) is 13.1 Å². The summed E-state index contributed by atoms with van der Waals surface area (Å²) in [7, 11) is 0. The molecule has 5 aliphatic rings. The van der Waals surface area contributed by atoms with Crippen LogP contribution in [0.1, 0.15) is 138 Å². The Morgan fingerprint density at radius 2 is 1.54 bits per heavy atom. The standard InChI is InChI=1S/C47H77N11O7/c1-27-14-19-47(21-20-45(6)30(37(47)28(27)2)12-13-34-44(5)17-16-35(59)43(3,4)33(44)15-18-46(34,45)7)40(64)65-26-29-24-58(57-56-29)25-36(60)54-31(10-8-22-52-41(48)49)38(61)55-32(39(62)63)11-9-23-53-42(50)51/h12,24,27-28,31-35,37,59H,8-11,13-23,25-26H2,1-7H3,(H,54,60)(H,55,61)(H,62,63)(H4,48,49,52)(H4,50,51,53)/t27-,28+,31+,32+,33+,34-,35+,37+,44+,45-,46-,47+/m1/s1. The normalized spacial score (nSPS) is 34.4. The van der Waals surface area contributed by atoms with E-state index in [0.29, 0.717) is 42.2 Å². The third kappa shape index (κ3) is 9.60. The summed E-state index contributed by atoms with van der Waals surface area (Å²) in [5.74, 6) is -1.18. The largest absolute Gasteiger partial charge is 0.480 e. The Labute approximate surface area is 384 Å². The van der Waals surface area contributed by atoms with Crippen molar-refractivity contribution in [2.45, 2.75) is 163 Å². The van der Waals surface area contributed by atoms with E-state index in [2.05, 4.69) is 85.5 Å². The molecule has 4 saturated carbocycles. The molecule has 0 spiro atoms. The molecule has 0 aromatic carbocycles. The molecule has 0 aliphatic heterocycles. The fraction of sp³-hybridized carbons (Fsp3) is 0.787. The molecule has 2 amide bonds. The maximum atomic E-state index is 14.7. The van der Waals surface area contributed by atoms with Gasteiger partial charge in [-0.3, -0.25) is 24.4 Å². The molecule has 0 saturated heterocycles. The van der Waals surface area contributed by atoms with Gasteiger partial charge < -0.3 is 48.5 Å². The van der Waals surface area contributed by atoms with Gasteiger partial charge >= 0.3 is 11.9 Å². The van der Waals surface area contributed by atoms with Crippen LogP contribution in [0.4, 0.5) is 0 Å². The van der Waals surface area contributed by atoms with E-state index in [1.807, 2.05) is 0 Å². The van der Waals surface area contributed by atoms with E-state index >= 15 is 0 Å². The van der Waals surface area contributed by atoms with Crippen molar-refractivity contribution >= 4 is 35.7 Å². The number of fused-ring (bicyclic) bond motifs is 7. The predicted molar refractivity (Wildman–Crippen MR) is 246 cm³/mol. The van der Waals surface area contributed by atoms with Crippen LogP contribution in [0.15, 0.2) is 27.8 Å². The molecule has 1 aromatic heterocycles. The maximum absolute atomic E-state index is 14.7. The Hall–Kier alpha value is -4.74. The minimum absolute atomic E-state index is 0.0570. The molecule has 5 aliphatic carbocycles. The van der Waals surface area contributed by atoms with Gasteiger partial charge in [0.15, 0.2) is 11.9 Å². The number of nitrogens with two attached hydrogens (primary N) is 4. The number of carboxylic acid groups (broad SMARTS) is 1. The lowest BCUT2D eigenvalue weighted by molar-refractivity contribution is -0.207. The zero-order valence-electron chi connectivity index (χ0n) is 39.8. The molecule has 65 heavy (non-hydrogen) atoms. The predicted octanol–water partition coefficient (Wildman–Crippen LogP) is 3.50. The Morgan fingerprint density at radius 3 is 2.18 bits per heavy atom. The minimum Gasteiger partial charge on any atom is -0.480 e. The molecule has 18 nitrogen and oxygen atoms in total. The van der Waals surface area contributed by atoms with E-state index in [1.165, 1.54) is 10.3 Å². The molecule has 1 heterocycles. The van der Waals surface area contributed by atoms with Crippen molar-refractivity contribution in [2.75, 3.05) is 13.1 Å². The van der Waals surface area contributed by atoms with Crippen molar-refractivity contribution in [3.05, 3.63) is 23.5 Å². The van der Waals surface area contributed by atoms with Crippen LogP contribution in [0, 0.1) is 56.7 Å². The molecule has 4 fully saturated rings. The van der Waals surface area contributed by atoms with Gasteiger partial charge in [-0.2, -0.15) is 0 Å². The topological polar surface area (TPSA) is 302 Å². The highest BCUT2D eigenvalue weighted by Gasteiger charge is 2.69. The van der Waals surface area contributed by atoms with Crippen LogP contribution in [0.25, 0.3) is 0 Å². The second kappa shape index (κ2) is 19.2. The number of rotatable bonds is 17. The summed E-state index contributed by atoms with van der Waals surface area (Å²) in [6, 6.07) is -2.35. The van der Waals surface area contributed by atoms with E-state index in [0.717, 1.165) is 57.8 Å². The summed E-state index contributed by atoms with van der Waals surface area (Å²) >= 11 is 0. The van der Waals surface area contributed by atoms with Gasteiger partial charge in [-0.25, -0.2) is 9.48 Å². The number of hydrogen-bond acceptors (Lipinski definition) is 10. The number of nitrogens with zero attached hydrogens (tertiary/aromatic N) is 5. The van der Waals surface area contributed by atoms with Crippen molar-refractivity contribution in [3.8, 4) is 0 Å². The first kappa shape index (κ1) is 49.7. The summed E-state index contributed by atoms with van der Waals surface area (Å²) in [6.45, 7) is 16.8. The maximum Gasteiger partial charge on any atom is 0.326 e. The third-order valence-corrected chi connectivity index (χ3v) is 17.8. The fourth-order valence-electron chi connectivity index (χ4n) is 13.8. The van der Waals surface area contributed by atoms with Gasteiger partial charge in [0.05, 0.1) is 17.7 Å². The Morgan fingerprint density at radius 1 is 0.877 bits per heavy atom. The van der Waals surface area contributed by atoms with Crippen LogP contribution in [0.3, 0.4) is 0 Å². The molecular weight excluding hydrogens is 831 g/mol. The second-order valence-electron chi connectivity index (χ2n) is 21.6. The SMILES string of the molecule is C[C@H]1[C@H](C)CC[C@]2(C(=O)OCc3cn(CC(=O)N[C@@H](CCCN=C(N)N)C(=O)N[C@@H](CCCN=C(N)N)C(=O)O)nn3)CC[C@]3(C)C(=CC[C@@H]4[C@@]5(C)CC[C@H](O)C(C)(C)[C@@H]5CC[C@]43C)[C@H]12. The number of esters is 1. The highest BCUT2D eigenvalue weighted by Crippen LogP contribution is 2.75. The number of nitrogens with one attached hydrogen (secondary N) is 2. The Kier molecular flexibility index (Phi) is 14.7. The van der Waals surface area contributed by atoms with Gasteiger partial charge in [-0.1, -0.05) is 65.3 Å². The number of carbonyl (C=O) groups is 4. The van der Waals surface area contributed by atoms with Gasteiger partial charge in [0.1, 0.15) is 30.9 Å². The van der Waals surface area contributed by atoms with Crippen LogP contribution in [-0.2, 0) is 37.1 Å². The summed E-state index contributed by atoms with van der Waals surface area (Å²) in [4.78, 5) is 61.2. The van der Waals surface area contributed by atoms with Gasteiger partial charge in [-0.15, -0.1) is 5.10 Å². The van der Waals surface area contributed by atoms with Crippen LogP contribution >= 0.6 is 0 Å². The first-order chi connectivity index (χ1) is 30.5. The number of aliphatic imine (C=N–C) groups is 2. The zero-order chi connectivity index (χ0) is 47.7. The molecule has 0 bridgehead atoms. The molecule has 18 heteroatoms. The molecule has 1 aromatic rings. The lowest BCUT2D eigenvalue weighted by atomic mass is 9.33. The third-order valence-electron chi connectivity index (χ3n) is 17.8. The molecule has 12 N–H and O–H groups in total. The van der Waals surface area contributed by atoms with Crippen molar-refractivity contribution in [1.82, 2.24) is 25.6 Å². The van der Waals surface area contributed by atoms with Gasteiger partial charge in [0.2, 0.25) is 11.8 Å². The number of aliphatic carboxylic acids is 1. The second-order valence-corrected chi connectivity index (χ2v) is 21.6. The van der Waals surface area contributed by atoms with Crippen molar-refractivity contribution < 1.29 is 34.1 Å². The van der Waals surface area contributed by atoms with Crippen LogP contribution in [0.5, 0.6) is 0 Å². The number of aliphatic hydroxyl groups excluding tert-OH is 1. The van der Waals surface area contributed by atoms with Gasteiger partial charge in [0.25, 0.3) is 0 Å². The Balaban J connectivity index is 1.12. The first-order valence-corrected chi connectivity index (χ1v) is 23.9. The number of carboxylic acids is 1. The lowest BCUT2D eigenvalue weighted by Crippen LogP contribution is -2.65. The number of aliphatic hydroxyl groups is 1. The Bertz CT molecular complexity index is 2030. The van der Waals surface area contributed by atoms with E-state index in [-0.39, 0.29) is 90.7 Å². The van der Waals surface area contributed by atoms with E-state index in [9.17, 15) is 29.4 Å². The number of aromatic nitrogens is 3.